The minimum absolute atomic E-state index is 0.00886. The van der Waals surface area contributed by atoms with Crippen LogP contribution >= 0.6 is 11.8 Å². The second kappa shape index (κ2) is 7.15. The molecule has 0 fully saturated rings. The van der Waals surface area contributed by atoms with Crippen molar-refractivity contribution in [2.75, 3.05) is 6.26 Å². The van der Waals surface area contributed by atoms with Gasteiger partial charge >= 0.3 is 0 Å². The van der Waals surface area contributed by atoms with Gasteiger partial charge in [-0.1, -0.05) is 42.5 Å². The van der Waals surface area contributed by atoms with Gasteiger partial charge in [0.25, 0.3) is 5.91 Å². The molecule has 1 N–H and O–H groups in total. The molecule has 0 saturated heterocycles. The van der Waals surface area contributed by atoms with E-state index >= 15 is 0 Å². The summed E-state index contributed by atoms with van der Waals surface area (Å²) < 4.78 is 0. The van der Waals surface area contributed by atoms with Crippen LogP contribution in [0.15, 0.2) is 54.6 Å². The van der Waals surface area contributed by atoms with Gasteiger partial charge in [-0.15, -0.1) is 0 Å². The van der Waals surface area contributed by atoms with E-state index in [1.54, 1.807) is 11.8 Å². The molecule has 2 rings (SSSR count). The summed E-state index contributed by atoms with van der Waals surface area (Å²) in [4.78, 5) is 12.2. The van der Waals surface area contributed by atoms with Crippen molar-refractivity contribution in [3.63, 3.8) is 0 Å². The van der Waals surface area contributed by atoms with Gasteiger partial charge in [0.15, 0.2) is 0 Å². The fraction of sp³-hybridized carbons (Fsp3) is 0.235. The SMILES string of the molecule is CSCc1ccc(C(=O)NC(C)c2ccccc2)cc1. The highest BCUT2D eigenvalue weighted by molar-refractivity contribution is 7.97. The Hall–Kier alpha value is -1.74. The summed E-state index contributed by atoms with van der Waals surface area (Å²) in [6.07, 6.45) is 2.07. The largest absolute Gasteiger partial charge is 0.346 e. The van der Waals surface area contributed by atoms with Crippen molar-refractivity contribution in [3.05, 3.63) is 71.3 Å². The molecule has 2 aromatic carbocycles. The van der Waals surface area contributed by atoms with Crippen LogP contribution in [0.3, 0.4) is 0 Å². The van der Waals surface area contributed by atoms with Crippen LogP contribution in [-0.2, 0) is 5.75 Å². The maximum atomic E-state index is 12.2. The van der Waals surface area contributed by atoms with Crippen LogP contribution in [0.4, 0.5) is 0 Å². The highest BCUT2D eigenvalue weighted by Crippen LogP contribution is 2.14. The van der Waals surface area contributed by atoms with Gasteiger partial charge in [0.05, 0.1) is 6.04 Å². The lowest BCUT2D eigenvalue weighted by Crippen LogP contribution is -2.26. The zero-order chi connectivity index (χ0) is 14.4. The topological polar surface area (TPSA) is 29.1 Å². The maximum Gasteiger partial charge on any atom is 0.251 e. The number of hydrogen-bond acceptors (Lipinski definition) is 2. The molecule has 0 radical (unpaired) electrons. The summed E-state index contributed by atoms with van der Waals surface area (Å²) in [6.45, 7) is 2.00. The van der Waals surface area contributed by atoms with E-state index in [1.165, 1.54) is 5.56 Å². The molecular formula is C17H19NOS. The highest BCUT2D eigenvalue weighted by atomic mass is 32.2. The first-order valence-electron chi connectivity index (χ1n) is 6.64. The Bertz CT molecular complexity index is 551. The number of hydrogen-bond donors (Lipinski definition) is 1. The van der Waals surface area contributed by atoms with Crippen LogP contribution in [0.25, 0.3) is 0 Å². The Morgan fingerprint density at radius 2 is 1.75 bits per heavy atom. The Morgan fingerprint density at radius 3 is 2.35 bits per heavy atom. The van der Waals surface area contributed by atoms with E-state index in [-0.39, 0.29) is 11.9 Å². The van der Waals surface area contributed by atoms with Crippen LogP contribution in [0.2, 0.25) is 0 Å². The van der Waals surface area contributed by atoms with Crippen molar-refractivity contribution in [1.82, 2.24) is 5.32 Å². The van der Waals surface area contributed by atoms with E-state index in [2.05, 4.69) is 11.6 Å². The molecule has 3 heteroatoms. The van der Waals surface area contributed by atoms with Crippen molar-refractivity contribution in [2.24, 2.45) is 0 Å². The molecule has 0 aliphatic carbocycles. The molecule has 1 unspecified atom stereocenters. The van der Waals surface area contributed by atoms with E-state index < -0.39 is 0 Å². The average molecular weight is 285 g/mol. The Labute approximate surface area is 124 Å². The van der Waals surface area contributed by atoms with Gasteiger partial charge < -0.3 is 5.32 Å². The summed E-state index contributed by atoms with van der Waals surface area (Å²) in [7, 11) is 0. The van der Waals surface area contributed by atoms with Crippen molar-refractivity contribution in [2.45, 2.75) is 18.7 Å². The molecule has 0 aliphatic heterocycles. The third-order valence-electron chi connectivity index (χ3n) is 3.17. The number of benzene rings is 2. The summed E-state index contributed by atoms with van der Waals surface area (Å²) in [6, 6.07) is 17.8. The van der Waals surface area contributed by atoms with E-state index in [0.29, 0.717) is 5.56 Å². The summed E-state index contributed by atoms with van der Waals surface area (Å²) >= 11 is 1.78. The molecule has 0 heterocycles. The molecule has 0 spiro atoms. The molecule has 0 bridgehead atoms. The minimum Gasteiger partial charge on any atom is -0.346 e. The average Bonchev–Trinajstić information content (AvgIpc) is 2.49. The smallest absolute Gasteiger partial charge is 0.251 e. The Kier molecular flexibility index (Phi) is 5.24. The zero-order valence-electron chi connectivity index (χ0n) is 11.8. The van der Waals surface area contributed by atoms with E-state index in [0.717, 1.165) is 11.3 Å². The fourth-order valence-electron chi connectivity index (χ4n) is 2.02. The highest BCUT2D eigenvalue weighted by Gasteiger charge is 2.10. The number of carbonyl (C=O) groups is 1. The number of rotatable bonds is 5. The first kappa shape index (κ1) is 14.7. The van der Waals surface area contributed by atoms with Crippen molar-refractivity contribution in [3.8, 4) is 0 Å². The number of thioether (sulfide) groups is 1. The molecule has 20 heavy (non-hydrogen) atoms. The second-order valence-corrected chi connectivity index (χ2v) is 5.60. The third-order valence-corrected chi connectivity index (χ3v) is 3.80. The lowest BCUT2D eigenvalue weighted by atomic mass is 10.1. The summed E-state index contributed by atoms with van der Waals surface area (Å²) in [5.74, 6) is 0.944. The van der Waals surface area contributed by atoms with E-state index in [9.17, 15) is 4.79 Å². The van der Waals surface area contributed by atoms with Crippen LogP contribution in [-0.4, -0.2) is 12.2 Å². The molecule has 2 aromatic rings. The van der Waals surface area contributed by atoms with Crippen molar-refractivity contribution in [1.29, 1.82) is 0 Å². The summed E-state index contributed by atoms with van der Waals surface area (Å²) in [5.41, 5.74) is 3.06. The fourth-order valence-corrected chi connectivity index (χ4v) is 2.55. The number of nitrogens with one attached hydrogen (secondary N) is 1. The molecular weight excluding hydrogens is 266 g/mol. The predicted octanol–water partition coefficient (Wildman–Crippen LogP) is 4.04. The molecule has 2 nitrogen and oxygen atoms in total. The molecule has 1 atom stereocenters. The van der Waals surface area contributed by atoms with Crippen LogP contribution in [0, 0.1) is 0 Å². The lowest BCUT2D eigenvalue weighted by Gasteiger charge is -2.14. The molecule has 104 valence electrons. The number of amides is 1. The first-order valence-corrected chi connectivity index (χ1v) is 8.04. The van der Waals surface area contributed by atoms with Crippen molar-refractivity contribution >= 4 is 17.7 Å². The maximum absolute atomic E-state index is 12.2. The quantitative estimate of drug-likeness (QED) is 0.898. The van der Waals surface area contributed by atoms with Gasteiger partial charge in [-0.2, -0.15) is 11.8 Å². The van der Waals surface area contributed by atoms with Gasteiger partial charge in [-0.05, 0) is 36.4 Å². The van der Waals surface area contributed by atoms with Gasteiger partial charge in [0, 0.05) is 11.3 Å². The van der Waals surface area contributed by atoms with Gasteiger partial charge in [0.1, 0.15) is 0 Å². The van der Waals surface area contributed by atoms with Gasteiger partial charge in [-0.25, -0.2) is 0 Å². The molecule has 0 aromatic heterocycles. The Balaban J connectivity index is 2.01. The van der Waals surface area contributed by atoms with Crippen LogP contribution < -0.4 is 5.32 Å². The Morgan fingerprint density at radius 1 is 1.10 bits per heavy atom. The van der Waals surface area contributed by atoms with E-state index in [1.807, 2.05) is 61.5 Å². The normalized spacial score (nSPS) is 11.9. The third kappa shape index (κ3) is 3.87. The molecule has 1 amide bonds. The zero-order valence-corrected chi connectivity index (χ0v) is 12.6. The van der Waals surface area contributed by atoms with Gasteiger partial charge in [0.2, 0.25) is 0 Å². The summed E-state index contributed by atoms with van der Waals surface area (Å²) in [5, 5.41) is 3.02. The monoisotopic (exact) mass is 285 g/mol. The first-order chi connectivity index (χ1) is 9.70. The molecule has 0 aliphatic rings. The lowest BCUT2D eigenvalue weighted by molar-refractivity contribution is 0.0940. The van der Waals surface area contributed by atoms with Gasteiger partial charge in [-0.3, -0.25) is 4.79 Å². The second-order valence-electron chi connectivity index (χ2n) is 4.74. The van der Waals surface area contributed by atoms with Crippen LogP contribution in [0.5, 0.6) is 0 Å². The standard InChI is InChI=1S/C17H19NOS/c1-13(15-6-4-3-5-7-15)18-17(19)16-10-8-14(9-11-16)12-20-2/h3-11,13H,12H2,1-2H3,(H,18,19). The molecule has 0 saturated carbocycles. The van der Waals surface area contributed by atoms with Crippen molar-refractivity contribution < 1.29 is 4.79 Å². The minimum atomic E-state index is -0.0305. The predicted molar refractivity (Wildman–Crippen MR) is 86.0 cm³/mol. The van der Waals surface area contributed by atoms with E-state index in [4.69, 9.17) is 0 Å². The van der Waals surface area contributed by atoms with Crippen LogP contribution in [0.1, 0.15) is 34.5 Å². The number of carbonyl (C=O) groups excluding carboxylic acids is 1.